The van der Waals surface area contributed by atoms with Gasteiger partial charge in [-0.2, -0.15) is 0 Å². The summed E-state index contributed by atoms with van der Waals surface area (Å²) in [6.07, 6.45) is 15.3. The lowest BCUT2D eigenvalue weighted by Crippen LogP contribution is -2.03. The van der Waals surface area contributed by atoms with Gasteiger partial charge in [-0.15, -0.1) is 0 Å². The number of dihydropyridines is 1. The van der Waals surface area contributed by atoms with Crippen LogP contribution in [0.15, 0.2) is 24.6 Å². The van der Waals surface area contributed by atoms with Crippen LogP contribution in [-0.4, -0.2) is 0 Å². The molecule has 0 atom stereocenters. The van der Waals surface area contributed by atoms with Crippen molar-refractivity contribution in [1.82, 2.24) is 5.32 Å². The van der Waals surface area contributed by atoms with Crippen LogP contribution in [0.25, 0.3) is 0 Å². The van der Waals surface area contributed by atoms with Crippen LogP contribution in [0.4, 0.5) is 0 Å². The summed E-state index contributed by atoms with van der Waals surface area (Å²) < 4.78 is 0. The Morgan fingerprint density at radius 3 is 2.50 bits per heavy atom. The largest absolute Gasteiger partial charge is 0.368 e. The molecule has 0 spiro atoms. The van der Waals surface area contributed by atoms with Crippen LogP contribution in [0.1, 0.15) is 39.0 Å². The third-order valence-electron chi connectivity index (χ3n) is 2.27. The SMILES string of the molecule is CCCCCCC1C=CNC=C1. The summed E-state index contributed by atoms with van der Waals surface area (Å²) in [5, 5.41) is 3.06. The van der Waals surface area contributed by atoms with E-state index >= 15 is 0 Å². The van der Waals surface area contributed by atoms with E-state index in [-0.39, 0.29) is 0 Å². The average Bonchev–Trinajstić information content (AvgIpc) is 2.14. The normalized spacial score (nSPS) is 16.4. The molecule has 0 aromatic carbocycles. The minimum atomic E-state index is 0.683. The Labute approximate surface area is 75.6 Å². The van der Waals surface area contributed by atoms with Crippen molar-refractivity contribution in [3.8, 4) is 0 Å². The van der Waals surface area contributed by atoms with E-state index in [2.05, 4.69) is 24.4 Å². The Bertz CT molecular complexity index is 146. The van der Waals surface area contributed by atoms with Crippen molar-refractivity contribution in [3.63, 3.8) is 0 Å². The van der Waals surface area contributed by atoms with Gasteiger partial charge in [0, 0.05) is 0 Å². The van der Waals surface area contributed by atoms with Crippen molar-refractivity contribution < 1.29 is 0 Å². The van der Waals surface area contributed by atoms with Gasteiger partial charge in [0.25, 0.3) is 0 Å². The van der Waals surface area contributed by atoms with Gasteiger partial charge in [-0.3, -0.25) is 0 Å². The number of nitrogens with one attached hydrogen (secondary N) is 1. The van der Waals surface area contributed by atoms with Gasteiger partial charge >= 0.3 is 0 Å². The van der Waals surface area contributed by atoms with E-state index in [4.69, 9.17) is 0 Å². The second-order valence-electron chi connectivity index (χ2n) is 3.40. The van der Waals surface area contributed by atoms with Crippen molar-refractivity contribution in [2.24, 2.45) is 5.92 Å². The van der Waals surface area contributed by atoms with Gasteiger partial charge in [0.05, 0.1) is 0 Å². The minimum absolute atomic E-state index is 0.683. The number of unbranched alkanes of at least 4 members (excludes halogenated alkanes) is 3. The molecule has 12 heavy (non-hydrogen) atoms. The maximum atomic E-state index is 3.06. The standard InChI is InChI=1S/C11H19N/c1-2-3-4-5-6-11-7-9-12-10-8-11/h7-12H,2-6H2,1H3. The van der Waals surface area contributed by atoms with E-state index < -0.39 is 0 Å². The number of hydrogen-bond donors (Lipinski definition) is 1. The van der Waals surface area contributed by atoms with Crippen LogP contribution >= 0.6 is 0 Å². The zero-order chi connectivity index (χ0) is 8.65. The molecule has 0 aromatic heterocycles. The summed E-state index contributed by atoms with van der Waals surface area (Å²) >= 11 is 0. The lowest BCUT2D eigenvalue weighted by molar-refractivity contribution is 0.585. The quantitative estimate of drug-likeness (QED) is 0.617. The molecule has 0 amide bonds. The Hall–Kier alpha value is -0.720. The van der Waals surface area contributed by atoms with Crippen molar-refractivity contribution >= 4 is 0 Å². The lowest BCUT2D eigenvalue weighted by Gasteiger charge is -2.10. The first-order valence-electron chi connectivity index (χ1n) is 5.03. The van der Waals surface area contributed by atoms with E-state index in [9.17, 15) is 0 Å². The molecule has 1 heterocycles. The molecule has 0 saturated heterocycles. The molecular weight excluding hydrogens is 146 g/mol. The molecule has 1 nitrogen and oxygen atoms in total. The smallest absolute Gasteiger partial charge is 0.00188 e. The topological polar surface area (TPSA) is 12.0 Å². The molecule has 0 radical (unpaired) electrons. The first-order chi connectivity index (χ1) is 5.93. The first kappa shape index (κ1) is 9.37. The fourth-order valence-electron chi connectivity index (χ4n) is 1.48. The molecule has 1 rings (SSSR count). The predicted octanol–water partition coefficient (Wildman–Crippen LogP) is 3.20. The molecule has 0 aromatic rings. The molecule has 0 unspecified atom stereocenters. The zero-order valence-electron chi connectivity index (χ0n) is 7.92. The highest BCUT2D eigenvalue weighted by Gasteiger charge is 2.01. The van der Waals surface area contributed by atoms with E-state index in [0.717, 1.165) is 0 Å². The van der Waals surface area contributed by atoms with Gasteiger partial charge in [-0.05, 0) is 24.7 Å². The van der Waals surface area contributed by atoms with E-state index in [1.54, 1.807) is 0 Å². The van der Waals surface area contributed by atoms with E-state index in [1.807, 2.05) is 12.4 Å². The van der Waals surface area contributed by atoms with Crippen LogP contribution in [0.2, 0.25) is 0 Å². The lowest BCUT2D eigenvalue weighted by atomic mass is 10.00. The maximum Gasteiger partial charge on any atom is -0.00188 e. The molecular formula is C11H19N. The van der Waals surface area contributed by atoms with Crippen LogP contribution in [0, 0.1) is 5.92 Å². The summed E-state index contributed by atoms with van der Waals surface area (Å²) in [5.74, 6) is 0.683. The second kappa shape index (κ2) is 5.87. The maximum absolute atomic E-state index is 3.06. The Balaban J connectivity index is 2.02. The number of hydrogen-bond acceptors (Lipinski definition) is 1. The summed E-state index contributed by atoms with van der Waals surface area (Å²) in [6, 6.07) is 0. The van der Waals surface area contributed by atoms with Gasteiger partial charge in [0.1, 0.15) is 0 Å². The van der Waals surface area contributed by atoms with E-state index in [1.165, 1.54) is 32.1 Å². The highest BCUT2D eigenvalue weighted by atomic mass is 14.8. The zero-order valence-corrected chi connectivity index (χ0v) is 7.92. The van der Waals surface area contributed by atoms with Crippen LogP contribution in [0.5, 0.6) is 0 Å². The van der Waals surface area contributed by atoms with Crippen molar-refractivity contribution in [2.45, 2.75) is 39.0 Å². The highest BCUT2D eigenvalue weighted by Crippen LogP contribution is 2.14. The summed E-state index contributed by atoms with van der Waals surface area (Å²) in [4.78, 5) is 0. The molecule has 0 bridgehead atoms. The van der Waals surface area contributed by atoms with Crippen molar-refractivity contribution in [3.05, 3.63) is 24.6 Å². The average molecular weight is 165 g/mol. The van der Waals surface area contributed by atoms with Crippen molar-refractivity contribution in [1.29, 1.82) is 0 Å². The summed E-state index contributed by atoms with van der Waals surface area (Å²) in [6.45, 7) is 2.25. The molecule has 68 valence electrons. The summed E-state index contributed by atoms with van der Waals surface area (Å²) in [5.41, 5.74) is 0. The third kappa shape index (κ3) is 3.61. The molecule has 0 saturated carbocycles. The predicted molar refractivity (Wildman–Crippen MR) is 53.7 cm³/mol. The fraction of sp³-hybridized carbons (Fsp3) is 0.636. The van der Waals surface area contributed by atoms with Gasteiger partial charge in [-0.1, -0.05) is 44.8 Å². The molecule has 0 aliphatic carbocycles. The minimum Gasteiger partial charge on any atom is -0.368 e. The molecule has 1 N–H and O–H groups in total. The molecule has 1 heteroatoms. The van der Waals surface area contributed by atoms with Crippen LogP contribution in [0.3, 0.4) is 0 Å². The van der Waals surface area contributed by atoms with E-state index in [0.29, 0.717) is 5.92 Å². The van der Waals surface area contributed by atoms with Gasteiger partial charge in [0.15, 0.2) is 0 Å². The van der Waals surface area contributed by atoms with Crippen LogP contribution < -0.4 is 5.32 Å². The van der Waals surface area contributed by atoms with Crippen molar-refractivity contribution in [2.75, 3.05) is 0 Å². The third-order valence-corrected chi connectivity index (χ3v) is 2.27. The van der Waals surface area contributed by atoms with Gasteiger partial charge in [-0.25, -0.2) is 0 Å². The Kier molecular flexibility index (Phi) is 4.58. The number of allylic oxidation sites excluding steroid dienone is 2. The highest BCUT2D eigenvalue weighted by molar-refractivity contribution is 5.05. The fourth-order valence-corrected chi connectivity index (χ4v) is 1.48. The second-order valence-corrected chi connectivity index (χ2v) is 3.40. The van der Waals surface area contributed by atoms with Crippen LogP contribution in [-0.2, 0) is 0 Å². The first-order valence-corrected chi connectivity index (χ1v) is 5.03. The summed E-state index contributed by atoms with van der Waals surface area (Å²) in [7, 11) is 0. The molecule has 1 aliphatic rings. The Morgan fingerprint density at radius 2 is 1.83 bits per heavy atom. The monoisotopic (exact) mass is 165 g/mol. The number of rotatable bonds is 5. The van der Waals surface area contributed by atoms with Gasteiger partial charge < -0.3 is 5.32 Å². The molecule has 0 fully saturated rings. The van der Waals surface area contributed by atoms with Gasteiger partial charge in [0.2, 0.25) is 0 Å². The molecule has 1 aliphatic heterocycles. The Morgan fingerprint density at radius 1 is 1.08 bits per heavy atom.